The van der Waals surface area contributed by atoms with Crippen LogP contribution in [-0.4, -0.2) is 41.2 Å². The molecule has 0 aromatic heterocycles. The minimum atomic E-state index is -0.267. The van der Waals surface area contributed by atoms with E-state index in [2.05, 4.69) is 17.6 Å². The maximum Gasteiger partial charge on any atom is 0.263 e. The standard InChI is InChI=1S/C17H21N3O3/c1-3-10(2)19-13-6-4-5-12-15(13)17(23)20(16(12)22)11-7-8-14(21)18-9-11/h4-6,10-11,19H,3,7-9H2,1-2H3,(H,18,21). The van der Waals surface area contributed by atoms with Gasteiger partial charge in [0, 0.05) is 24.7 Å². The average Bonchev–Trinajstić information content (AvgIpc) is 2.81. The molecule has 23 heavy (non-hydrogen) atoms. The summed E-state index contributed by atoms with van der Waals surface area (Å²) in [6.45, 7) is 4.43. The van der Waals surface area contributed by atoms with E-state index in [1.165, 1.54) is 4.90 Å². The van der Waals surface area contributed by atoms with Crippen LogP contribution in [0.25, 0.3) is 0 Å². The fourth-order valence-electron chi connectivity index (χ4n) is 3.06. The molecule has 0 bridgehead atoms. The first-order chi connectivity index (χ1) is 11.0. The van der Waals surface area contributed by atoms with E-state index in [-0.39, 0.29) is 29.8 Å². The molecule has 2 atom stereocenters. The second-order valence-electron chi connectivity index (χ2n) is 6.16. The van der Waals surface area contributed by atoms with Crippen molar-refractivity contribution in [2.24, 2.45) is 0 Å². The highest BCUT2D eigenvalue weighted by atomic mass is 16.2. The topological polar surface area (TPSA) is 78.5 Å². The van der Waals surface area contributed by atoms with E-state index < -0.39 is 0 Å². The maximum absolute atomic E-state index is 12.8. The molecule has 0 aliphatic carbocycles. The molecular formula is C17H21N3O3. The Morgan fingerprint density at radius 3 is 2.74 bits per heavy atom. The Kier molecular flexibility index (Phi) is 4.07. The van der Waals surface area contributed by atoms with Gasteiger partial charge in [-0.3, -0.25) is 19.3 Å². The van der Waals surface area contributed by atoms with Crippen molar-refractivity contribution < 1.29 is 14.4 Å². The summed E-state index contributed by atoms with van der Waals surface area (Å²) in [4.78, 5) is 38.1. The Morgan fingerprint density at radius 1 is 1.30 bits per heavy atom. The molecule has 0 radical (unpaired) electrons. The van der Waals surface area contributed by atoms with Gasteiger partial charge in [0.05, 0.1) is 17.2 Å². The number of carbonyl (C=O) groups excluding carboxylic acids is 3. The van der Waals surface area contributed by atoms with E-state index in [1.54, 1.807) is 12.1 Å². The Bertz CT molecular complexity index is 661. The molecule has 2 aliphatic rings. The van der Waals surface area contributed by atoms with Crippen molar-refractivity contribution in [3.63, 3.8) is 0 Å². The molecule has 3 amide bonds. The molecule has 1 saturated heterocycles. The second-order valence-corrected chi connectivity index (χ2v) is 6.16. The third-order valence-corrected chi connectivity index (χ3v) is 4.57. The van der Waals surface area contributed by atoms with Gasteiger partial charge in [-0.25, -0.2) is 0 Å². The normalized spacial score (nSPS) is 21.9. The third-order valence-electron chi connectivity index (χ3n) is 4.57. The summed E-state index contributed by atoms with van der Waals surface area (Å²) in [7, 11) is 0. The number of carbonyl (C=O) groups is 3. The molecule has 122 valence electrons. The third kappa shape index (κ3) is 2.69. The Balaban J connectivity index is 1.91. The van der Waals surface area contributed by atoms with Crippen LogP contribution in [0, 0.1) is 0 Å². The van der Waals surface area contributed by atoms with Crippen molar-refractivity contribution >= 4 is 23.4 Å². The number of imide groups is 1. The molecule has 2 unspecified atom stereocenters. The fraction of sp³-hybridized carbons (Fsp3) is 0.471. The number of piperidine rings is 1. The van der Waals surface area contributed by atoms with E-state index in [0.717, 1.165) is 6.42 Å². The van der Waals surface area contributed by atoms with Crippen molar-refractivity contribution in [2.75, 3.05) is 11.9 Å². The quantitative estimate of drug-likeness (QED) is 0.830. The van der Waals surface area contributed by atoms with Crippen LogP contribution in [0.2, 0.25) is 0 Å². The van der Waals surface area contributed by atoms with Crippen LogP contribution in [0.3, 0.4) is 0 Å². The Morgan fingerprint density at radius 2 is 2.09 bits per heavy atom. The molecule has 1 aromatic rings. The van der Waals surface area contributed by atoms with Gasteiger partial charge in [0.15, 0.2) is 0 Å². The Labute approximate surface area is 135 Å². The Hall–Kier alpha value is -2.37. The van der Waals surface area contributed by atoms with Crippen molar-refractivity contribution in [3.8, 4) is 0 Å². The number of nitrogens with zero attached hydrogens (tertiary/aromatic N) is 1. The van der Waals surface area contributed by atoms with E-state index in [0.29, 0.717) is 36.2 Å². The monoisotopic (exact) mass is 315 g/mol. The molecular weight excluding hydrogens is 294 g/mol. The van der Waals surface area contributed by atoms with E-state index in [9.17, 15) is 14.4 Å². The lowest BCUT2D eigenvalue weighted by molar-refractivity contribution is -0.123. The largest absolute Gasteiger partial charge is 0.382 e. The molecule has 3 rings (SSSR count). The smallest absolute Gasteiger partial charge is 0.263 e. The number of hydrogen-bond donors (Lipinski definition) is 2. The first kappa shape index (κ1) is 15.5. The molecule has 1 aromatic carbocycles. The van der Waals surface area contributed by atoms with Crippen molar-refractivity contribution in [3.05, 3.63) is 29.3 Å². The van der Waals surface area contributed by atoms with Crippen molar-refractivity contribution in [1.29, 1.82) is 0 Å². The van der Waals surface area contributed by atoms with Gasteiger partial charge in [0.25, 0.3) is 11.8 Å². The summed E-state index contributed by atoms with van der Waals surface area (Å²) in [6, 6.07) is 5.27. The molecule has 2 aliphatic heterocycles. The SMILES string of the molecule is CCC(C)Nc1cccc2c1C(=O)N(C1CCC(=O)NC1)C2=O. The van der Waals surface area contributed by atoms with Gasteiger partial charge < -0.3 is 10.6 Å². The number of benzene rings is 1. The zero-order valence-electron chi connectivity index (χ0n) is 13.4. The van der Waals surface area contributed by atoms with E-state index >= 15 is 0 Å². The van der Waals surface area contributed by atoms with Crippen LogP contribution < -0.4 is 10.6 Å². The maximum atomic E-state index is 12.8. The van der Waals surface area contributed by atoms with Crippen LogP contribution in [0.4, 0.5) is 5.69 Å². The summed E-state index contributed by atoms with van der Waals surface area (Å²) in [6.07, 6.45) is 1.78. The van der Waals surface area contributed by atoms with Crippen LogP contribution in [0.5, 0.6) is 0 Å². The van der Waals surface area contributed by atoms with Gasteiger partial charge in [0.2, 0.25) is 5.91 Å². The summed E-state index contributed by atoms with van der Waals surface area (Å²) >= 11 is 0. The number of amides is 3. The zero-order chi connectivity index (χ0) is 16.6. The van der Waals surface area contributed by atoms with Gasteiger partial charge in [0.1, 0.15) is 0 Å². The average molecular weight is 315 g/mol. The van der Waals surface area contributed by atoms with Crippen LogP contribution in [-0.2, 0) is 4.79 Å². The molecule has 0 spiro atoms. The molecule has 6 heteroatoms. The predicted octanol–water partition coefficient (Wildman–Crippen LogP) is 1.77. The highest BCUT2D eigenvalue weighted by molar-refractivity contribution is 6.24. The van der Waals surface area contributed by atoms with Crippen LogP contribution >= 0.6 is 0 Å². The van der Waals surface area contributed by atoms with E-state index in [4.69, 9.17) is 0 Å². The van der Waals surface area contributed by atoms with Crippen molar-refractivity contribution in [1.82, 2.24) is 10.2 Å². The van der Waals surface area contributed by atoms with Gasteiger partial charge in [-0.15, -0.1) is 0 Å². The molecule has 1 fully saturated rings. The fourth-order valence-corrected chi connectivity index (χ4v) is 3.06. The number of rotatable bonds is 4. The molecule has 2 heterocycles. The first-order valence-electron chi connectivity index (χ1n) is 8.07. The van der Waals surface area contributed by atoms with Gasteiger partial charge in [-0.05, 0) is 31.9 Å². The lowest BCUT2D eigenvalue weighted by atomic mass is 10.1. The summed E-state index contributed by atoms with van der Waals surface area (Å²) in [5.41, 5.74) is 1.60. The van der Waals surface area contributed by atoms with Crippen LogP contribution in [0.1, 0.15) is 53.8 Å². The predicted molar refractivity (Wildman–Crippen MR) is 86.3 cm³/mol. The second kappa shape index (κ2) is 6.02. The summed E-state index contributed by atoms with van der Waals surface area (Å²) in [5, 5.41) is 6.04. The molecule has 0 saturated carbocycles. The van der Waals surface area contributed by atoms with E-state index in [1.807, 2.05) is 13.0 Å². The van der Waals surface area contributed by atoms with Gasteiger partial charge in [-0.2, -0.15) is 0 Å². The number of anilines is 1. The molecule has 6 nitrogen and oxygen atoms in total. The highest BCUT2D eigenvalue weighted by Crippen LogP contribution is 2.32. The minimum Gasteiger partial charge on any atom is -0.382 e. The van der Waals surface area contributed by atoms with Gasteiger partial charge >= 0.3 is 0 Å². The van der Waals surface area contributed by atoms with Crippen molar-refractivity contribution in [2.45, 2.75) is 45.2 Å². The summed E-state index contributed by atoms with van der Waals surface area (Å²) < 4.78 is 0. The molecule has 2 N–H and O–H groups in total. The summed E-state index contributed by atoms with van der Waals surface area (Å²) in [5.74, 6) is -0.562. The highest BCUT2D eigenvalue weighted by Gasteiger charge is 2.42. The first-order valence-corrected chi connectivity index (χ1v) is 8.07. The number of nitrogens with one attached hydrogen (secondary N) is 2. The lowest BCUT2D eigenvalue weighted by Crippen LogP contribution is -2.50. The van der Waals surface area contributed by atoms with Gasteiger partial charge in [-0.1, -0.05) is 13.0 Å². The number of hydrogen-bond acceptors (Lipinski definition) is 4. The lowest BCUT2D eigenvalue weighted by Gasteiger charge is -2.29. The minimum absolute atomic E-state index is 0.0306. The zero-order valence-corrected chi connectivity index (χ0v) is 13.4. The number of fused-ring (bicyclic) bond motifs is 1. The van der Waals surface area contributed by atoms with Crippen LogP contribution in [0.15, 0.2) is 18.2 Å².